The summed E-state index contributed by atoms with van der Waals surface area (Å²) in [5.74, 6) is -0.406. The average molecular weight is 406 g/mol. The number of fused-ring (bicyclic) bond motifs is 1. The van der Waals surface area contributed by atoms with Crippen molar-refractivity contribution in [2.24, 2.45) is 0 Å². The minimum atomic E-state index is -0.435. The molecule has 30 heavy (non-hydrogen) atoms. The molecule has 0 spiro atoms. The zero-order chi connectivity index (χ0) is 20.9. The molecule has 0 unspecified atom stereocenters. The highest BCUT2D eigenvalue weighted by molar-refractivity contribution is 5.95. The number of aromatic nitrogens is 2. The Labute approximate surface area is 174 Å². The Bertz CT molecular complexity index is 1050. The number of rotatable bonds is 4. The van der Waals surface area contributed by atoms with Gasteiger partial charge in [-0.25, -0.2) is 9.37 Å². The first-order valence-corrected chi connectivity index (χ1v) is 10.1. The first kappa shape index (κ1) is 19.8. The van der Waals surface area contributed by atoms with Gasteiger partial charge in [0.15, 0.2) is 5.69 Å². The summed E-state index contributed by atoms with van der Waals surface area (Å²) in [4.78, 5) is 29.6. The van der Waals surface area contributed by atoms with Gasteiger partial charge < -0.3 is 4.57 Å². The van der Waals surface area contributed by atoms with Crippen molar-refractivity contribution in [1.29, 1.82) is 0 Å². The number of amides is 2. The molecular weight excluding hydrogens is 383 g/mol. The van der Waals surface area contributed by atoms with Gasteiger partial charge in [-0.05, 0) is 37.0 Å². The first-order chi connectivity index (χ1) is 14.6. The summed E-state index contributed by atoms with van der Waals surface area (Å²) in [6.07, 6.45) is 3.95. The predicted molar refractivity (Wildman–Crippen MR) is 111 cm³/mol. The topological polar surface area (TPSA) is 76.0 Å². The molecule has 0 atom stereocenters. The van der Waals surface area contributed by atoms with Crippen molar-refractivity contribution in [2.45, 2.75) is 38.6 Å². The minimum absolute atomic E-state index is 0.0388. The van der Waals surface area contributed by atoms with Crippen LogP contribution >= 0.6 is 0 Å². The van der Waals surface area contributed by atoms with Crippen LogP contribution in [0.15, 0.2) is 54.6 Å². The van der Waals surface area contributed by atoms with Gasteiger partial charge in [-0.2, -0.15) is 0 Å². The van der Waals surface area contributed by atoms with Gasteiger partial charge in [-0.15, -0.1) is 0 Å². The van der Waals surface area contributed by atoms with Gasteiger partial charge in [0, 0.05) is 12.1 Å². The molecule has 1 aliphatic rings. The summed E-state index contributed by atoms with van der Waals surface area (Å²) in [6, 6.07) is 15.5. The third-order valence-electron chi connectivity index (χ3n) is 5.21. The predicted octanol–water partition coefficient (Wildman–Crippen LogP) is 3.42. The molecule has 2 aromatic carbocycles. The quantitative estimate of drug-likeness (QED) is 0.652. The Kier molecular flexibility index (Phi) is 5.88. The number of carbonyl (C=O) groups excluding carboxylic acids is 2. The van der Waals surface area contributed by atoms with Gasteiger partial charge in [-0.1, -0.05) is 48.9 Å². The molecule has 1 aliphatic heterocycles. The molecule has 154 valence electrons. The maximum absolute atomic E-state index is 13.0. The Morgan fingerprint density at radius 1 is 0.967 bits per heavy atom. The van der Waals surface area contributed by atoms with E-state index in [2.05, 4.69) is 20.4 Å². The van der Waals surface area contributed by atoms with Crippen molar-refractivity contribution in [2.75, 3.05) is 0 Å². The first-order valence-electron chi connectivity index (χ1n) is 10.1. The lowest BCUT2D eigenvalue weighted by molar-refractivity contribution is -0.121. The van der Waals surface area contributed by atoms with Crippen LogP contribution in [0.1, 0.15) is 41.0 Å². The van der Waals surface area contributed by atoms with E-state index >= 15 is 0 Å². The second-order valence-electron chi connectivity index (χ2n) is 7.36. The van der Waals surface area contributed by atoms with Crippen LogP contribution in [0.5, 0.6) is 0 Å². The van der Waals surface area contributed by atoms with Crippen molar-refractivity contribution in [3.05, 3.63) is 77.4 Å². The second kappa shape index (κ2) is 8.90. The molecule has 2 heterocycles. The van der Waals surface area contributed by atoms with Crippen LogP contribution in [0.25, 0.3) is 11.4 Å². The molecule has 6 nitrogen and oxygen atoms in total. The van der Waals surface area contributed by atoms with Gasteiger partial charge >= 0.3 is 0 Å². The fraction of sp³-hybridized carbons (Fsp3) is 0.261. The van der Waals surface area contributed by atoms with Crippen LogP contribution in [0, 0.1) is 5.82 Å². The van der Waals surface area contributed by atoms with Crippen LogP contribution in [-0.4, -0.2) is 21.4 Å². The largest absolute Gasteiger partial charge is 0.327 e. The molecule has 0 aliphatic carbocycles. The molecule has 4 rings (SSSR count). The van der Waals surface area contributed by atoms with Crippen LogP contribution < -0.4 is 10.9 Å². The number of carbonyl (C=O) groups is 2. The highest BCUT2D eigenvalue weighted by Gasteiger charge is 2.24. The molecule has 2 amide bonds. The van der Waals surface area contributed by atoms with E-state index in [9.17, 15) is 14.0 Å². The van der Waals surface area contributed by atoms with Crippen molar-refractivity contribution in [1.82, 2.24) is 20.4 Å². The van der Waals surface area contributed by atoms with Crippen LogP contribution in [-0.2, 0) is 24.2 Å². The van der Waals surface area contributed by atoms with E-state index in [-0.39, 0.29) is 18.1 Å². The molecular formula is C23H23FN4O2. The average Bonchev–Trinajstić information content (AvgIpc) is 2.95. The van der Waals surface area contributed by atoms with Crippen LogP contribution in [0.2, 0.25) is 0 Å². The van der Waals surface area contributed by atoms with Crippen molar-refractivity contribution in [3.63, 3.8) is 0 Å². The van der Waals surface area contributed by atoms with Crippen molar-refractivity contribution < 1.29 is 14.0 Å². The standard InChI is InChI=1S/C23H23FN4O2/c24-18-12-10-16(11-13-18)15-20(29)26-27-23(30)21-19-9-5-2-6-14-28(19)22(25-21)17-7-3-1-4-8-17/h1,3-4,7-8,10-13H,2,5-6,9,14-15H2,(H,26,29)(H,27,30). The SMILES string of the molecule is O=C(Cc1ccc(F)cc1)NNC(=O)c1nc(-c2ccccc2)n2c1CCCCC2. The second-order valence-corrected chi connectivity index (χ2v) is 7.36. The summed E-state index contributed by atoms with van der Waals surface area (Å²) in [6.45, 7) is 0.816. The molecule has 0 radical (unpaired) electrons. The lowest BCUT2D eigenvalue weighted by Gasteiger charge is -2.09. The number of nitrogens with zero attached hydrogens (tertiary/aromatic N) is 2. The van der Waals surface area contributed by atoms with Crippen molar-refractivity contribution >= 4 is 11.8 Å². The minimum Gasteiger partial charge on any atom is -0.327 e. The number of hydrogen-bond acceptors (Lipinski definition) is 3. The number of hydrazine groups is 1. The lowest BCUT2D eigenvalue weighted by Crippen LogP contribution is -2.42. The molecule has 0 saturated heterocycles. The maximum atomic E-state index is 13.0. The van der Waals surface area contributed by atoms with Crippen molar-refractivity contribution in [3.8, 4) is 11.4 Å². The van der Waals surface area contributed by atoms with E-state index in [0.29, 0.717) is 11.3 Å². The smallest absolute Gasteiger partial charge is 0.290 e. The van der Waals surface area contributed by atoms with Gasteiger partial charge in [0.1, 0.15) is 11.6 Å². The summed E-state index contributed by atoms with van der Waals surface area (Å²) < 4.78 is 15.1. The Morgan fingerprint density at radius 3 is 2.50 bits per heavy atom. The lowest BCUT2D eigenvalue weighted by atomic mass is 10.1. The van der Waals surface area contributed by atoms with E-state index < -0.39 is 5.91 Å². The van der Waals surface area contributed by atoms with Gasteiger partial charge in [-0.3, -0.25) is 20.4 Å². The summed E-state index contributed by atoms with van der Waals surface area (Å²) in [5.41, 5.74) is 7.77. The van der Waals surface area contributed by atoms with Crippen LogP contribution in [0.3, 0.4) is 0 Å². The van der Waals surface area contributed by atoms with E-state index in [0.717, 1.165) is 49.3 Å². The number of benzene rings is 2. The Balaban J connectivity index is 1.50. The zero-order valence-electron chi connectivity index (χ0n) is 16.5. The Morgan fingerprint density at radius 2 is 1.73 bits per heavy atom. The fourth-order valence-electron chi connectivity index (χ4n) is 3.73. The van der Waals surface area contributed by atoms with E-state index in [1.807, 2.05) is 30.3 Å². The van der Waals surface area contributed by atoms with Crippen LogP contribution in [0.4, 0.5) is 4.39 Å². The highest BCUT2D eigenvalue weighted by Crippen LogP contribution is 2.27. The molecule has 0 bridgehead atoms. The third-order valence-corrected chi connectivity index (χ3v) is 5.21. The fourth-order valence-corrected chi connectivity index (χ4v) is 3.73. The molecule has 2 N–H and O–H groups in total. The zero-order valence-corrected chi connectivity index (χ0v) is 16.5. The normalized spacial score (nSPS) is 13.2. The molecule has 0 saturated carbocycles. The molecule has 7 heteroatoms. The Hall–Kier alpha value is -3.48. The molecule has 1 aromatic heterocycles. The molecule has 3 aromatic rings. The summed E-state index contributed by atoms with van der Waals surface area (Å²) in [5, 5.41) is 0. The van der Waals surface area contributed by atoms with E-state index in [4.69, 9.17) is 0 Å². The monoisotopic (exact) mass is 406 g/mol. The molecule has 0 fully saturated rings. The number of nitrogens with one attached hydrogen (secondary N) is 2. The van der Waals surface area contributed by atoms with Gasteiger partial charge in [0.2, 0.25) is 5.91 Å². The van der Waals surface area contributed by atoms with E-state index in [1.54, 1.807) is 0 Å². The van der Waals surface area contributed by atoms with E-state index in [1.165, 1.54) is 24.3 Å². The summed E-state index contributed by atoms with van der Waals surface area (Å²) >= 11 is 0. The highest BCUT2D eigenvalue weighted by atomic mass is 19.1. The number of imidazole rings is 1. The number of hydrogen-bond donors (Lipinski definition) is 2. The maximum Gasteiger partial charge on any atom is 0.290 e. The third kappa shape index (κ3) is 4.40. The van der Waals surface area contributed by atoms with Gasteiger partial charge in [0.05, 0.1) is 12.1 Å². The summed E-state index contributed by atoms with van der Waals surface area (Å²) in [7, 11) is 0. The number of halogens is 1. The van der Waals surface area contributed by atoms with Gasteiger partial charge in [0.25, 0.3) is 5.91 Å².